The van der Waals surface area contributed by atoms with E-state index in [1.807, 2.05) is 0 Å². The molecule has 0 bridgehead atoms. The Balaban J connectivity index is 1.88. The Morgan fingerprint density at radius 1 is 0.636 bits per heavy atom. The molecule has 4 rings (SSSR count). The van der Waals surface area contributed by atoms with Gasteiger partial charge in [0, 0.05) is 0 Å². The average Bonchev–Trinajstić information content (AvgIpc) is 3.42. The molecule has 0 N–H and O–H groups in total. The van der Waals surface area contributed by atoms with Gasteiger partial charge in [0.25, 0.3) is 0 Å². The van der Waals surface area contributed by atoms with Crippen LogP contribution in [0.4, 0.5) is 0 Å². The molecule has 6 heteroatoms. The molecule has 0 aliphatic rings. The molecule has 6 nitrogen and oxygen atoms in total. The van der Waals surface area contributed by atoms with Crippen molar-refractivity contribution >= 4 is 22.1 Å². The van der Waals surface area contributed by atoms with Gasteiger partial charge < -0.3 is 0 Å². The Morgan fingerprint density at radius 2 is 1.09 bits per heavy atom. The van der Waals surface area contributed by atoms with E-state index in [4.69, 9.17) is 10.4 Å². The average molecular weight is 447 g/mol. The molecule has 0 atom stereocenters. The fraction of sp³-hybridized carbons (Fsp3) is 0.556. The topological polar surface area (TPSA) is 61.4 Å². The zero-order valence-electron chi connectivity index (χ0n) is 20.7. The van der Waals surface area contributed by atoms with Crippen LogP contribution in [-0.2, 0) is 5.66 Å². The summed E-state index contributed by atoms with van der Waals surface area (Å²) in [7, 11) is 0. The Bertz CT molecular complexity index is 1090. The largest absolute Gasteiger partial charge is 0.217 e. The van der Waals surface area contributed by atoms with Gasteiger partial charge in [0.05, 0.1) is 11.0 Å². The van der Waals surface area contributed by atoms with Crippen LogP contribution in [0.5, 0.6) is 0 Å². The van der Waals surface area contributed by atoms with Crippen LogP contribution in [0.15, 0.2) is 36.4 Å². The van der Waals surface area contributed by atoms with Crippen molar-refractivity contribution in [1.29, 1.82) is 0 Å². The first kappa shape index (κ1) is 23.4. The van der Waals surface area contributed by atoms with Crippen LogP contribution in [0.2, 0.25) is 0 Å². The summed E-state index contributed by atoms with van der Waals surface area (Å²) in [5, 5.41) is 18.7. The second-order valence-corrected chi connectivity index (χ2v) is 9.59. The van der Waals surface area contributed by atoms with Crippen molar-refractivity contribution in [2.24, 2.45) is 0 Å². The van der Waals surface area contributed by atoms with Gasteiger partial charge in [0.15, 0.2) is 5.66 Å². The Morgan fingerprint density at radius 3 is 1.52 bits per heavy atom. The van der Waals surface area contributed by atoms with Crippen molar-refractivity contribution in [3.8, 4) is 0 Å². The monoisotopic (exact) mass is 446 g/mol. The van der Waals surface area contributed by atoms with E-state index < -0.39 is 5.66 Å². The molecule has 0 unspecified atom stereocenters. The molecule has 0 aliphatic heterocycles. The van der Waals surface area contributed by atoms with Crippen LogP contribution in [0.1, 0.15) is 89.2 Å². The van der Waals surface area contributed by atoms with Gasteiger partial charge in [0.1, 0.15) is 11.0 Å². The quantitative estimate of drug-likeness (QED) is 0.221. The minimum absolute atomic E-state index is 0.421. The Labute approximate surface area is 197 Å². The summed E-state index contributed by atoms with van der Waals surface area (Å²) in [5.74, 6) is 0. The first-order valence-corrected chi connectivity index (χ1v) is 12.7. The maximum absolute atomic E-state index is 4.77. The summed E-state index contributed by atoms with van der Waals surface area (Å²) in [5.41, 5.74) is 6.02. The molecule has 0 fully saturated rings. The first-order valence-electron chi connectivity index (χ1n) is 12.7. The highest BCUT2D eigenvalue weighted by molar-refractivity contribution is 5.77. The van der Waals surface area contributed by atoms with E-state index in [1.54, 1.807) is 0 Å². The summed E-state index contributed by atoms with van der Waals surface area (Å²) in [4.78, 5) is 0. The standard InChI is InChI=1S/C27H38N6/c1-5-7-9-11-17-27(18-12-10-8-6-2,32-25-15-13-21(3)19-23(25)28-30-32)33-26-16-14-22(4)20-24(26)29-31-33/h13-16,19-20H,5-12,17-18H2,1-4H3. The van der Waals surface area contributed by atoms with Crippen molar-refractivity contribution in [3.05, 3.63) is 47.5 Å². The van der Waals surface area contributed by atoms with Gasteiger partial charge in [-0.15, -0.1) is 10.2 Å². The lowest BCUT2D eigenvalue weighted by Crippen LogP contribution is -2.43. The van der Waals surface area contributed by atoms with E-state index >= 15 is 0 Å². The molecule has 0 saturated carbocycles. The van der Waals surface area contributed by atoms with Crippen LogP contribution in [0.3, 0.4) is 0 Å². The second kappa shape index (κ2) is 10.4. The van der Waals surface area contributed by atoms with Crippen LogP contribution in [0, 0.1) is 13.8 Å². The van der Waals surface area contributed by atoms with E-state index in [2.05, 4.69) is 83.7 Å². The fourth-order valence-electron chi connectivity index (χ4n) is 4.99. The number of aryl methyl sites for hydroxylation is 2. The third-order valence-corrected chi connectivity index (χ3v) is 6.85. The van der Waals surface area contributed by atoms with Gasteiger partial charge in [-0.3, -0.25) is 0 Å². The second-order valence-electron chi connectivity index (χ2n) is 9.59. The van der Waals surface area contributed by atoms with Crippen LogP contribution >= 0.6 is 0 Å². The highest BCUT2D eigenvalue weighted by atomic mass is 15.6. The molecule has 2 heterocycles. The van der Waals surface area contributed by atoms with Crippen LogP contribution < -0.4 is 0 Å². The van der Waals surface area contributed by atoms with Crippen molar-refractivity contribution < 1.29 is 0 Å². The SMILES string of the molecule is CCCCCCC(CCCCCC)(n1nnc2cc(C)ccc21)n1nnc2cc(C)ccc21. The maximum atomic E-state index is 4.77. The van der Waals surface area contributed by atoms with E-state index in [1.165, 1.54) is 49.7 Å². The summed E-state index contributed by atoms with van der Waals surface area (Å²) in [6.07, 6.45) is 11.6. The van der Waals surface area contributed by atoms with Gasteiger partial charge in [-0.25, -0.2) is 9.36 Å². The summed E-state index contributed by atoms with van der Waals surface area (Å²) in [6.45, 7) is 8.74. The van der Waals surface area contributed by atoms with Crippen molar-refractivity contribution in [3.63, 3.8) is 0 Å². The minimum atomic E-state index is -0.421. The molecule has 176 valence electrons. The molecular formula is C27H38N6. The highest BCUT2D eigenvalue weighted by Crippen LogP contribution is 2.36. The number of unbranched alkanes of at least 4 members (excludes halogenated alkanes) is 6. The molecule has 0 aliphatic carbocycles. The lowest BCUT2D eigenvalue weighted by atomic mass is 9.93. The number of fused-ring (bicyclic) bond motifs is 2. The number of hydrogen-bond donors (Lipinski definition) is 0. The number of nitrogens with zero attached hydrogens (tertiary/aromatic N) is 6. The molecule has 2 aromatic carbocycles. The maximum Gasteiger partial charge on any atom is 0.158 e. The number of hydrogen-bond acceptors (Lipinski definition) is 4. The van der Waals surface area contributed by atoms with Crippen molar-refractivity contribution in [2.45, 2.75) is 97.6 Å². The minimum Gasteiger partial charge on any atom is -0.217 e. The van der Waals surface area contributed by atoms with Gasteiger partial charge >= 0.3 is 0 Å². The zero-order chi connectivity index (χ0) is 23.3. The van der Waals surface area contributed by atoms with E-state index in [-0.39, 0.29) is 0 Å². The molecule has 0 amide bonds. The normalized spacial score (nSPS) is 12.2. The smallest absolute Gasteiger partial charge is 0.158 e. The highest BCUT2D eigenvalue weighted by Gasteiger charge is 2.38. The fourth-order valence-corrected chi connectivity index (χ4v) is 4.99. The lowest BCUT2D eigenvalue weighted by Gasteiger charge is -2.35. The van der Waals surface area contributed by atoms with Crippen LogP contribution in [0.25, 0.3) is 22.1 Å². The van der Waals surface area contributed by atoms with E-state index in [0.717, 1.165) is 47.8 Å². The number of aromatic nitrogens is 6. The lowest BCUT2D eigenvalue weighted by molar-refractivity contribution is 0.144. The molecule has 33 heavy (non-hydrogen) atoms. The molecule has 0 radical (unpaired) electrons. The third kappa shape index (κ3) is 4.80. The van der Waals surface area contributed by atoms with Gasteiger partial charge in [0.2, 0.25) is 0 Å². The molecule has 0 saturated heterocycles. The van der Waals surface area contributed by atoms with Gasteiger partial charge in [-0.1, -0.05) is 74.9 Å². The Hall–Kier alpha value is -2.76. The third-order valence-electron chi connectivity index (χ3n) is 6.85. The number of benzene rings is 2. The molecule has 0 spiro atoms. The molecular weight excluding hydrogens is 408 g/mol. The van der Waals surface area contributed by atoms with Crippen molar-refractivity contribution in [1.82, 2.24) is 30.0 Å². The summed E-state index contributed by atoms with van der Waals surface area (Å²) >= 11 is 0. The Kier molecular flexibility index (Phi) is 7.41. The molecule has 2 aromatic heterocycles. The molecule has 4 aromatic rings. The number of rotatable bonds is 12. The van der Waals surface area contributed by atoms with Gasteiger partial charge in [-0.2, -0.15) is 0 Å². The van der Waals surface area contributed by atoms with Crippen LogP contribution in [-0.4, -0.2) is 30.0 Å². The van der Waals surface area contributed by atoms with E-state index in [9.17, 15) is 0 Å². The van der Waals surface area contributed by atoms with E-state index in [0.29, 0.717) is 0 Å². The first-order chi connectivity index (χ1) is 16.1. The predicted octanol–water partition coefficient (Wildman–Crippen LogP) is 6.93. The zero-order valence-corrected chi connectivity index (χ0v) is 20.7. The van der Waals surface area contributed by atoms with Crippen molar-refractivity contribution in [2.75, 3.05) is 0 Å². The summed E-state index contributed by atoms with van der Waals surface area (Å²) in [6, 6.07) is 12.9. The predicted molar refractivity (Wildman–Crippen MR) is 135 cm³/mol. The summed E-state index contributed by atoms with van der Waals surface area (Å²) < 4.78 is 4.32. The van der Waals surface area contributed by atoms with Gasteiger partial charge in [-0.05, 0) is 74.9 Å².